The highest BCUT2D eigenvalue weighted by molar-refractivity contribution is 6.42. The fourth-order valence-corrected chi connectivity index (χ4v) is 3.18. The average molecular weight is 415 g/mol. The molecule has 3 rings (SSSR count). The van der Waals surface area contributed by atoms with Crippen molar-refractivity contribution in [2.24, 2.45) is 0 Å². The van der Waals surface area contributed by atoms with E-state index < -0.39 is 5.56 Å². The third-order valence-electron chi connectivity index (χ3n) is 4.17. The lowest BCUT2D eigenvalue weighted by Gasteiger charge is -2.14. The predicted octanol–water partition coefficient (Wildman–Crippen LogP) is 5.12. The standard InChI is InChI=1S/C21H16Cl2N2O3/c1-12-8-15(16(10-24)21(26)25-12)13-6-7-18(27-2)14(9-13)11-28-19-5-3-4-17(22)20(19)23/h3-9H,11H2,1-2H3,(H,25,26). The van der Waals surface area contributed by atoms with Gasteiger partial charge in [0.15, 0.2) is 0 Å². The summed E-state index contributed by atoms with van der Waals surface area (Å²) in [5.74, 6) is 1.06. The van der Waals surface area contributed by atoms with E-state index in [1.165, 1.54) is 0 Å². The molecule has 7 heteroatoms. The van der Waals surface area contributed by atoms with Crippen LogP contribution in [0.4, 0.5) is 0 Å². The minimum Gasteiger partial charge on any atom is -0.496 e. The van der Waals surface area contributed by atoms with Gasteiger partial charge in [0.05, 0.1) is 12.1 Å². The molecule has 28 heavy (non-hydrogen) atoms. The van der Waals surface area contributed by atoms with Crippen LogP contribution in [0.3, 0.4) is 0 Å². The highest BCUT2D eigenvalue weighted by Crippen LogP contribution is 2.33. The summed E-state index contributed by atoms with van der Waals surface area (Å²) in [5.41, 5.74) is 2.30. The maximum Gasteiger partial charge on any atom is 0.266 e. The molecule has 0 spiro atoms. The van der Waals surface area contributed by atoms with Crippen LogP contribution < -0.4 is 15.0 Å². The Morgan fingerprint density at radius 3 is 2.64 bits per heavy atom. The molecule has 0 unspecified atom stereocenters. The fourth-order valence-electron chi connectivity index (χ4n) is 2.84. The summed E-state index contributed by atoms with van der Waals surface area (Å²) >= 11 is 12.2. The van der Waals surface area contributed by atoms with Crippen LogP contribution in [-0.4, -0.2) is 12.1 Å². The normalized spacial score (nSPS) is 10.4. The van der Waals surface area contributed by atoms with Crippen molar-refractivity contribution >= 4 is 23.2 Å². The average Bonchev–Trinajstić information content (AvgIpc) is 2.68. The van der Waals surface area contributed by atoms with Gasteiger partial charge in [-0.2, -0.15) is 5.26 Å². The van der Waals surface area contributed by atoms with Crippen LogP contribution in [0.5, 0.6) is 11.5 Å². The van der Waals surface area contributed by atoms with E-state index in [1.807, 2.05) is 12.1 Å². The molecule has 0 bridgehead atoms. The SMILES string of the molecule is COc1ccc(-c2cc(C)[nH]c(=O)c2C#N)cc1COc1cccc(Cl)c1Cl. The number of pyridine rings is 1. The second-order valence-electron chi connectivity index (χ2n) is 6.05. The topological polar surface area (TPSA) is 75.1 Å². The Balaban J connectivity index is 2.01. The second kappa shape index (κ2) is 8.39. The minimum atomic E-state index is -0.420. The number of aromatic nitrogens is 1. The van der Waals surface area contributed by atoms with Crippen molar-refractivity contribution in [1.82, 2.24) is 4.98 Å². The summed E-state index contributed by atoms with van der Waals surface area (Å²) in [5, 5.41) is 10.1. The van der Waals surface area contributed by atoms with Crippen LogP contribution in [0.15, 0.2) is 47.3 Å². The number of aryl methyl sites for hydroxylation is 1. The lowest BCUT2D eigenvalue weighted by Crippen LogP contribution is -2.12. The van der Waals surface area contributed by atoms with Crippen LogP contribution in [0.25, 0.3) is 11.1 Å². The third kappa shape index (κ3) is 3.99. The molecule has 142 valence electrons. The van der Waals surface area contributed by atoms with Gasteiger partial charge in [0.2, 0.25) is 0 Å². The summed E-state index contributed by atoms with van der Waals surface area (Å²) in [6, 6.07) is 14.3. The fraction of sp³-hybridized carbons (Fsp3) is 0.143. The van der Waals surface area contributed by atoms with Crippen molar-refractivity contribution in [2.45, 2.75) is 13.5 Å². The van der Waals surface area contributed by atoms with Gasteiger partial charge >= 0.3 is 0 Å². The van der Waals surface area contributed by atoms with Gasteiger partial charge in [0, 0.05) is 16.8 Å². The molecule has 2 aromatic carbocycles. The molecule has 0 fully saturated rings. The zero-order chi connectivity index (χ0) is 20.3. The Morgan fingerprint density at radius 2 is 1.93 bits per heavy atom. The summed E-state index contributed by atoms with van der Waals surface area (Å²) in [4.78, 5) is 14.7. The van der Waals surface area contributed by atoms with E-state index in [9.17, 15) is 10.1 Å². The van der Waals surface area contributed by atoms with Gasteiger partial charge in [-0.3, -0.25) is 4.79 Å². The van der Waals surface area contributed by atoms with E-state index in [0.29, 0.717) is 38.4 Å². The zero-order valence-electron chi connectivity index (χ0n) is 15.2. The number of nitrogens with zero attached hydrogens (tertiary/aromatic N) is 1. The third-order valence-corrected chi connectivity index (χ3v) is 4.97. The first-order valence-electron chi connectivity index (χ1n) is 8.32. The van der Waals surface area contributed by atoms with Crippen LogP contribution in [0.1, 0.15) is 16.8 Å². The largest absolute Gasteiger partial charge is 0.496 e. The maximum atomic E-state index is 12.1. The Hall–Kier alpha value is -2.94. The molecule has 0 aliphatic carbocycles. The second-order valence-corrected chi connectivity index (χ2v) is 6.83. The van der Waals surface area contributed by atoms with Gasteiger partial charge in [0.1, 0.15) is 34.8 Å². The van der Waals surface area contributed by atoms with Gasteiger partial charge in [0.25, 0.3) is 5.56 Å². The predicted molar refractivity (Wildman–Crippen MR) is 109 cm³/mol. The van der Waals surface area contributed by atoms with Crippen molar-refractivity contribution in [3.8, 4) is 28.7 Å². The van der Waals surface area contributed by atoms with Crippen LogP contribution >= 0.6 is 23.2 Å². The number of nitrogens with one attached hydrogen (secondary N) is 1. The quantitative estimate of drug-likeness (QED) is 0.628. The van der Waals surface area contributed by atoms with Gasteiger partial charge < -0.3 is 14.5 Å². The van der Waals surface area contributed by atoms with E-state index in [1.54, 1.807) is 50.4 Å². The number of halogens is 2. The van der Waals surface area contributed by atoms with E-state index in [4.69, 9.17) is 32.7 Å². The van der Waals surface area contributed by atoms with Crippen molar-refractivity contribution < 1.29 is 9.47 Å². The number of rotatable bonds is 5. The number of H-pyrrole nitrogens is 1. The van der Waals surface area contributed by atoms with E-state index in [0.717, 1.165) is 5.56 Å². The molecule has 0 saturated carbocycles. The Labute approximate surface area is 172 Å². The maximum absolute atomic E-state index is 12.1. The van der Waals surface area contributed by atoms with Crippen molar-refractivity contribution in [1.29, 1.82) is 5.26 Å². The summed E-state index contributed by atoms with van der Waals surface area (Å²) in [6.07, 6.45) is 0. The van der Waals surface area contributed by atoms with Crippen LogP contribution in [0.2, 0.25) is 10.0 Å². The molecule has 3 aromatic rings. The Bertz CT molecular complexity index is 1130. The first-order chi connectivity index (χ1) is 13.4. The summed E-state index contributed by atoms with van der Waals surface area (Å²) in [7, 11) is 1.56. The lowest BCUT2D eigenvalue weighted by molar-refractivity contribution is 0.297. The van der Waals surface area contributed by atoms with Gasteiger partial charge in [-0.15, -0.1) is 0 Å². The first kappa shape index (κ1) is 19.8. The monoisotopic (exact) mass is 414 g/mol. The molecule has 0 aliphatic rings. The van der Waals surface area contributed by atoms with Crippen LogP contribution in [0, 0.1) is 18.3 Å². The molecule has 5 nitrogen and oxygen atoms in total. The Morgan fingerprint density at radius 1 is 1.14 bits per heavy atom. The smallest absolute Gasteiger partial charge is 0.266 e. The molecule has 0 atom stereocenters. The number of nitriles is 1. The molecular weight excluding hydrogens is 399 g/mol. The number of hydrogen-bond acceptors (Lipinski definition) is 4. The number of methoxy groups -OCH3 is 1. The number of hydrogen-bond donors (Lipinski definition) is 1. The highest BCUT2D eigenvalue weighted by atomic mass is 35.5. The van der Waals surface area contributed by atoms with Gasteiger partial charge in [-0.25, -0.2) is 0 Å². The molecular formula is C21H16Cl2N2O3. The highest BCUT2D eigenvalue weighted by Gasteiger charge is 2.14. The first-order valence-corrected chi connectivity index (χ1v) is 9.08. The van der Waals surface area contributed by atoms with E-state index in [2.05, 4.69) is 4.98 Å². The van der Waals surface area contributed by atoms with Gasteiger partial charge in [-0.1, -0.05) is 35.3 Å². The van der Waals surface area contributed by atoms with Crippen molar-refractivity contribution in [3.05, 3.63) is 79.7 Å². The zero-order valence-corrected chi connectivity index (χ0v) is 16.7. The number of benzene rings is 2. The molecule has 1 heterocycles. The molecule has 1 N–H and O–H groups in total. The van der Waals surface area contributed by atoms with E-state index in [-0.39, 0.29) is 12.2 Å². The summed E-state index contributed by atoms with van der Waals surface area (Å²) < 4.78 is 11.2. The number of ether oxygens (including phenoxy) is 2. The van der Waals surface area contributed by atoms with Crippen molar-refractivity contribution in [3.63, 3.8) is 0 Å². The summed E-state index contributed by atoms with van der Waals surface area (Å²) in [6.45, 7) is 1.93. The van der Waals surface area contributed by atoms with Gasteiger partial charge in [-0.05, 0) is 42.8 Å². The molecule has 0 saturated heterocycles. The molecule has 1 aromatic heterocycles. The Kier molecular flexibility index (Phi) is 5.93. The molecule has 0 radical (unpaired) electrons. The molecule has 0 aliphatic heterocycles. The minimum absolute atomic E-state index is 0.0560. The van der Waals surface area contributed by atoms with Crippen LogP contribution in [-0.2, 0) is 6.61 Å². The lowest BCUT2D eigenvalue weighted by atomic mass is 9.99. The number of aromatic amines is 1. The molecule has 0 amide bonds. The van der Waals surface area contributed by atoms with Crippen molar-refractivity contribution in [2.75, 3.05) is 7.11 Å². The van der Waals surface area contributed by atoms with E-state index >= 15 is 0 Å².